The molecule has 0 bridgehead atoms. The van der Waals surface area contributed by atoms with Gasteiger partial charge in [-0.1, -0.05) is 12.1 Å². The Morgan fingerprint density at radius 1 is 1.38 bits per heavy atom. The summed E-state index contributed by atoms with van der Waals surface area (Å²) in [5, 5.41) is 1.48. The van der Waals surface area contributed by atoms with Crippen LogP contribution in [0, 0.1) is 0 Å². The number of hydrogen-bond acceptors (Lipinski definition) is 3. The van der Waals surface area contributed by atoms with Crippen LogP contribution in [-0.2, 0) is 4.84 Å². The van der Waals surface area contributed by atoms with Gasteiger partial charge in [0.1, 0.15) is 0 Å². The first-order chi connectivity index (χ1) is 7.83. The van der Waals surface area contributed by atoms with E-state index >= 15 is 0 Å². The molecule has 0 radical (unpaired) electrons. The average Bonchev–Trinajstić information content (AvgIpc) is 2.39. The summed E-state index contributed by atoms with van der Waals surface area (Å²) < 4.78 is 0. The van der Waals surface area contributed by atoms with Crippen LogP contribution < -0.4 is 0 Å². The minimum Gasteiger partial charge on any atom is -0.271 e. The number of amides is 1. The first-order valence-electron chi connectivity index (χ1n) is 5.40. The number of hydrogen-bond donors (Lipinski definition) is 0. The molecular weight excluding hydrogens is 222 g/mol. The van der Waals surface area contributed by atoms with Crippen molar-refractivity contribution < 1.29 is 9.63 Å². The Hall–Kier alpha value is -1.00. The maximum Gasteiger partial charge on any atom is 0.278 e. The first-order valence-corrected chi connectivity index (χ1v) is 6.63. The van der Waals surface area contributed by atoms with Crippen molar-refractivity contribution in [1.29, 1.82) is 0 Å². The SMILES string of the molecule is CSc1ccccc1C(=O)N1CCCCO1. The number of thioether (sulfide) groups is 1. The highest BCUT2D eigenvalue weighted by molar-refractivity contribution is 7.98. The summed E-state index contributed by atoms with van der Waals surface area (Å²) in [6, 6.07) is 7.64. The lowest BCUT2D eigenvalue weighted by Crippen LogP contribution is -2.35. The molecule has 1 amide bonds. The second-order valence-electron chi connectivity index (χ2n) is 3.65. The molecule has 0 aromatic heterocycles. The largest absolute Gasteiger partial charge is 0.278 e. The molecule has 1 aromatic carbocycles. The number of carbonyl (C=O) groups is 1. The topological polar surface area (TPSA) is 29.5 Å². The minimum absolute atomic E-state index is 0.0235. The van der Waals surface area contributed by atoms with E-state index in [2.05, 4.69) is 0 Å². The highest BCUT2D eigenvalue weighted by Gasteiger charge is 2.21. The molecule has 16 heavy (non-hydrogen) atoms. The predicted octanol–water partition coefficient (Wildman–Crippen LogP) is 2.58. The molecule has 0 spiro atoms. The second kappa shape index (κ2) is 5.37. The molecule has 1 fully saturated rings. The second-order valence-corrected chi connectivity index (χ2v) is 4.50. The number of hydroxylamine groups is 2. The van der Waals surface area contributed by atoms with Gasteiger partial charge < -0.3 is 0 Å². The van der Waals surface area contributed by atoms with E-state index in [-0.39, 0.29) is 5.91 Å². The quantitative estimate of drug-likeness (QED) is 0.740. The third-order valence-electron chi connectivity index (χ3n) is 2.57. The van der Waals surface area contributed by atoms with Gasteiger partial charge in [0, 0.05) is 11.4 Å². The van der Waals surface area contributed by atoms with Crippen molar-refractivity contribution in [2.24, 2.45) is 0 Å². The van der Waals surface area contributed by atoms with Crippen molar-refractivity contribution in [1.82, 2.24) is 5.06 Å². The Morgan fingerprint density at radius 2 is 2.19 bits per heavy atom. The van der Waals surface area contributed by atoms with Gasteiger partial charge in [-0.2, -0.15) is 0 Å². The molecule has 86 valence electrons. The van der Waals surface area contributed by atoms with Crippen molar-refractivity contribution in [3.8, 4) is 0 Å². The lowest BCUT2D eigenvalue weighted by atomic mass is 10.2. The minimum atomic E-state index is -0.0235. The Kier molecular flexibility index (Phi) is 3.85. The summed E-state index contributed by atoms with van der Waals surface area (Å²) >= 11 is 1.58. The Balaban J connectivity index is 2.19. The summed E-state index contributed by atoms with van der Waals surface area (Å²) in [5.41, 5.74) is 0.733. The van der Waals surface area contributed by atoms with Crippen LogP contribution in [0.3, 0.4) is 0 Å². The third kappa shape index (κ3) is 2.39. The number of nitrogens with zero attached hydrogens (tertiary/aromatic N) is 1. The summed E-state index contributed by atoms with van der Waals surface area (Å²) in [7, 11) is 0. The molecule has 1 aliphatic heterocycles. The van der Waals surface area contributed by atoms with Crippen LogP contribution in [0.1, 0.15) is 23.2 Å². The number of carbonyl (C=O) groups excluding carboxylic acids is 1. The Bertz CT molecular complexity index is 375. The number of benzene rings is 1. The molecule has 0 atom stereocenters. The van der Waals surface area contributed by atoms with Crippen molar-refractivity contribution >= 4 is 17.7 Å². The van der Waals surface area contributed by atoms with Crippen molar-refractivity contribution in [2.75, 3.05) is 19.4 Å². The smallest absolute Gasteiger partial charge is 0.271 e. The molecule has 3 nitrogen and oxygen atoms in total. The molecule has 0 N–H and O–H groups in total. The standard InChI is InChI=1S/C12H15NO2S/c1-16-11-7-3-2-6-10(11)12(14)13-8-4-5-9-15-13/h2-3,6-7H,4-5,8-9H2,1H3. The van der Waals surface area contributed by atoms with Gasteiger partial charge in [0.05, 0.1) is 12.2 Å². The van der Waals surface area contributed by atoms with E-state index in [1.165, 1.54) is 5.06 Å². The first kappa shape index (κ1) is 11.5. The van der Waals surface area contributed by atoms with Gasteiger partial charge in [-0.3, -0.25) is 9.63 Å². The fourth-order valence-corrected chi connectivity index (χ4v) is 2.30. The maximum atomic E-state index is 12.2. The zero-order chi connectivity index (χ0) is 11.4. The monoisotopic (exact) mass is 237 g/mol. The molecule has 0 saturated carbocycles. The highest BCUT2D eigenvalue weighted by atomic mass is 32.2. The van der Waals surface area contributed by atoms with E-state index in [4.69, 9.17) is 4.84 Å². The molecule has 1 saturated heterocycles. The van der Waals surface area contributed by atoms with Crippen molar-refractivity contribution in [2.45, 2.75) is 17.7 Å². The molecule has 0 aliphatic carbocycles. The Labute approximate surface area is 99.7 Å². The summed E-state index contributed by atoms with van der Waals surface area (Å²) in [4.78, 5) is 18.5. The van der Waals surface area contributed by atoms with Crippen molar-refractivity contribution in [3.63, 3.8) is 0 Å². The van der Waals surface area contributed by atoms with Gasteiger partial charge >= 0.3 is 0 Å². The van der Waals surface area contributed by atoms with E-state index in [9.17, 15) is 4.79 Å². The molecule has 0 unspecified atom stereocenters. The van der Waals surface area contributed by atoms with Crippen molar-refractivity contribution in [3.05, 3.63) is 29.8 Å². The van der Waals surface area contributed by atoms with Gasteiger partial charge in [0.15, 0.2) is 0 Å². The van der Waals surface area contributed by atoms with Gasteiger partial charge in [-0.15, -0.1) is 11.8 Å². The normalized spacial score (nSPS) is 16.2. The molecular formula is C12H15NO2S. The molecule has 4 heteroatoms. The van der Waals surface area contributed by atoms with Gasteiger partial charge in [-0.25, -0.2) is 5.06 Å². The van der Waals surface area contributed by atoms with Crippen LogP contribution in [0.2, 0.25) is 0 Å². The van der Waals surface area contributed by atoms with E-state index in [0.29, 0.717) is 13.2 Å². The summed E-state index contributed by atoms with van der Waals surface area (Å²) in [6.45, 7) is 1.34. The predicted molar refractivity (Wildman–Crippen MR) is 64.4 cm³/mol. The zero-order valence-corrected chi connectivity index (χ0v) is 10.1. The van der Waals surface area contributed by atoms with E-state index in [1.807, 2.05) is 30.5 Å². The fourth-order valence-electron chi connectivity index (χ4n) is 1.71. The van der Waals surface area contributed by atoms with E-state index < -0.39 is 0 Å². The average molecular weight is 237 g/mol. The van der Waals surface area contributed by atoms with E-state index in [0.717, 1.165) is 23.3 Å². The molecule has 1 aliphatic rings. The van der Waals surface area contributed by atoms with Crippen LogP contribution >= 0.6 is 11.8 Å². The molecule has 1 aromatic rings. The zero-order valence-electron chi connectivity index (χ0n) is 9.31. The van der Waals surface area contributed by atoms with Crippen LogP contribution in [0.25, 0.3) is 0 Å². The lowest BCUT2D eigenvalue weighted by molar-refractivity contribution is -0.144. The van der Waals surface area contributed by atoms with E-state index in [1.54, 1.807) is 11.8 Å². The highest BCUT2D eigenvalue weighted by Crippen LogP contribution is 2.22. The summed E-state index contributed by atoms with van der Waals surface area (Å²) in [6.07, 6.45) is 4.03. The van der Waals surface area contributed by atoms with Gasteiger partial charge in [0.25, 0.3) is 5.91 Å². The van der Waals surface area contributed by atoms with Crippen LogP contribution in [0.15, 0.2) is 29.2 Å². The van der Waals surface area contributed by atoms with Crippen LogP contribution in [0.4, 0.5) is 0 Å². The lowest BCUT2D eigenvalue weighted by Gasteiger charge is -2.26. The summed E-state index contributed by atoms with van der Waals surface area (Å²) in [5.74, 6) is -0.0235. The fraction of sp³-hybridized carbons (Fsp3) is 0.417. The van der Waals surface area contributed by atoms with Crippen LogP contribution in [-0.4, -0.2) is 30.4 Å². The Morgan fingerprint density at radius 3 is 2.88 bits per heavy atom. The third-order valence-corrected chi connectivity index (χ3v) is 3.36. The van der Waals surface area contributed by atoms with Gasteiger partial charge in [0.2, 0.25) is 0 Å². The van der Waals surface area contributed by atoms with Gasteiger partial charge in [-0.05, 0) is 31.2 Å². The molecule has 1 heterocycles. The molecule has 2 rings (SSSR count). The van der Waals surface area contributed by atoms with Crippen LogP contribution in [0.5, 0.6) is 0 Å². The maximum absolute atomic E-state index is 12.2. The number of rotatable bonds is 2.